The van der Waals surface area contributed by atoms with Crippen molar-refractivity contribution in [1.29, 1.82) is 0 Å². The molecule has 0 radical (unpaired) electrons. The van der Waals surface area contributed by atoms with E-state index in [1.807, 2.05) is 0 Å². The predicted octanol–water partition coefficient (Wildman–Crippen LogP) is 2.90. The molecule has 1 N–H and O–H groups in total. The van der Waals surface area contributed by atoms with Gasteiger partial charge in [0.1, 0.15) is 0 Å². The van der Waals surface area contributed by atoms with E-state index in [-0.39, 0.29) is 0 Å². The molecule has 0 spiro atoms. The Morgan fingerprint density at radius 3 is 2.83 bits per heavy atom. The van der Waals surface area contributed by atoms with Crippen LogP contribution in [0.2, 0.25) is 0 Å². The van der Waals surface area contributed by atoms with Crippen LogP contribution in [0.25, 0.3) is 5.57 Å². The summed E-state index contributed by atoms with van der Waals surface area (Å²) in [5.41, 5.74) is 2.89. The Labute approximate surface area is 117 Å². The molecule has 0 amide bonds. The molecule has 96 valence electrons. The molecular weight excluding hydrogens is 288 g/mol. The molecule has 1 aromatic rings. The van der Waals surface area contributed by atoms with Crippen molar-refractivity contribution >= 4 is 21.5 Å². The first-order valence-corrected chi connectivity index (χ1v) is 7.53. The summed E-state index contributed by atoms with van der Waals surface area (Å²) in [5.74, 6) is 0. The number of halogens is 1. The molecule has 2 nitrogen and oxygen atoms in total. The maximum absolute atomic E-state index is 3.56. The first-order chi connectivity index (χ1) is 8.83. The number of piperazine rings is 1. The maximum atomic E-state index is 3.56. The van der Waals surface area contributed by atoms with Gasteiger partial charge in [-0.3, -0.25) is 4.90 Å². The van der Waals surface area contributed by atoms with Crippen molar-refractivity contribution in [3.05, 3.63) is 40.4 Å². The summed E-state index contributed by atoms with van der Waals surface area (Å²) >= 11 is 3.56. The minimum atomic E-state index is 0.654. The highest BCUT2D eigenvalue weighted by Gasteiger charge is 2.23. The Morgan fingerprint density at radius 2 is 2.06 bits per heavy atom. The van der Waals surface area contributed by atoms with E-state index in [0.717, 1.165) is 13.1 Å². The van der Waals surface area contributed by atoms with Gasteiger partial charge in [0.15, 0.2) is 0 Å². The van der Waals surface area contributed by atoms with E-state index in [1.165, 1.54) is 41.5 Å². The molecule has 1 fully saturated rings. The van der Waals surface area contributed by atoms with E-state index in [2.05, 4.69) is 56.5 Å². The number of benzene rings is 1. The second kappa shape index (κ2) is 5.55. The molecule has 0 bridgehead atoms. The zero-order valence-electron chi connectivity index (χ0n) is 10.5. The van der Waals surface area contributed by atoms with Crippen molar-refractivity contribution in [1.82, 2.24) is 10.2 Å². The van der Waals surface area contributed by atoms with Gasteiger partial charge in [0.2, 0.25) is 0 Å². The van der Waals surface area contributed by atoms with Gasteiger partial charge in [0, 0.05) is 36.7 Å². The van der Waals surface area contributed by atoms with Crippen LogP contribution in [0, 0.1) is 0 Å². The van der Waals surface area contributed by atoms with Crippen molar-refractivity contribution in [2.45, 2.75) is 18.9 Å². The van der Waals surface area contributed by atoms with Crippen LogP contribution in [-0.2, 0) is 0 Å². The lowest BCUT2D eigenvalue weighted by Crippen LogP contribution is -2.47. The molecule has 1 aliphatic carbocycles. The Morgan fingerprint density at radius 1 is 1.22 bits per heavy atom. The molecule has 1 heterocycles. The van der Waals surface area contributed by atoms with Gasteiger partial charge in [-0.05, 0) is 36.1 Å². The first-order valence-electron chi connectivity index (χ1n) is 6.74. The van der Waals surface area contributed by atoms with Gasteiger partial charge in [-0.1, -0.05) is 34.1 Å². The summed E-state index contributed by atoms with van der Waals surface area (Å²) in [6.45, 7) is 4.65. The SMILES string of the molecule is Brc1cccc(C2=CC(N3CCNCC3)CC2)c1. The molecular formula is C15H19BrN2. The lowest BCUT2D eigenvalue weighted by molar-refractivity contribution is 0.200. The minimum Gasteiger partial charge on any atom is -0.314 e. The van der Waals surface area contributed by atoms with E-state index in [9.17, 15) is 0 Å². The summed E-state index contributed by atoms with van der Waals surface area (Å²) in [6.07, 6.45) is 4.97. The highest BCUT2D eigenvalue weighted by atomic mass is 79.9. The maximum Gasteiger partial charge on any atom is 0.0288 e. The van der Waals surface area contributed by atoms with Crippen molar-refractivity contribution in [3.8, 4) is 0 Å². The molecule has 18 heavy (non-hydrogen) atoms. The van der Waals surface area contributed by atoms with Gasteiger partial charge in [-0.25, -0.2) is 0 Å². The summed E-state index contributed by atoms with van der Waals surface area (Å²) in [6, 6.07) is 9.31. The van der Waals surface area contributed by atoms with Gasteiger partial charge in [-0.2, -0.15) is 0 Å². The number of nitrogens with zero attached hydrogens (tertiary/aromatic N) is 1. The molecule has 1 unspecified atom stereocenters. The van der Waals surface area contributed by atoms with Crippen LogP contribution in [0.4, 0.5) is 0 Å². The lowest BCUT2D eigenvalue weighted by atomic mass is 10.1. The number of hydrogen-bond donors (Lipinski definition) is 1. The van der Waals surface area contributed by atoms with Gasteiger partial charge in [0.05, 0.1) is 0 Å². The fourth-order valence-corrected chi connectivity index (χ4v) is 3.33. The smallest absolute Gasteiger partial charge is 0.0288 e. The van der Waals surface area contributed by atoms with Crippen LogP contribution in [-0.4, -0.2) is 37.1 Å². The summed E-state index contributed by atoms with van der Waals surface area (Å²) in [4.78, 5) is 2.61. The predicted molar refractivity (Wildman–Crippen MR) is 79.6 cm³/mol. The van der Waals surface area contributed by atoms with Gasteiger partial charge >= 0.3 is 0 Å². The molecule has 1 aromatic carbocycles. The van der Waals surface area contributed by atoms with Crippen LogP contribution in [0.1, 0.15) is 18.4 Å². The second-order valence-corrected chi connectivity index (χ2v) is 6.01. The molecule has 3 rings (SSSR count). The molecule has 1 atom stereocenters. The zero-order valence-corrected chi connectivity index (χ0v) is 12.1. The largest absolute Gasteiger partial charge is 0.314 e. The molecule has 2 aliphatic rings. The normalized spacial score (nSPS) is 25.2. The Kier molecular flexibility index (Phi) is 3.83. The quantitative estimate of drug-likeness (QED) is 0.904. The van der Waals surface area contributed by atoms with E-state index in [1.54, 1.807) is 0 Å². The zero-order chi connectivity index (χ0) is 12.4. The van der Waals surface area contributed by atoms with E-state index in [4.69, 9.17) is 0 Å². The van der Waals surface area contributed by atoms with Crippen LogP contribution >= 0.6 is 15.9 Å². The van der Waals surface area contributed by atoms with Crippen molar-refractivity contribution in [2.75, 3.05) is 26.2 Å². The topological polar surface area (TPSA) is 15.3 Å². The first kappa shape index (κ1) is 12.4. The standard InChI is InChI=1S/C15H19BrN2/c16-14-3-1-2-12(10-14)13-4-5-15(11-13)18-8-6-17-7-9-18/h1-3,10-11,15,17H,4-9H2. The van der Waals surface area contributed by atoms with Crippen LogP contribution < -0.4 is 5.32 Å². The summed E-state index contributed by atoms with van der Waals surface area (Å²) in [7, 11) is 0. The molecule has 1 saturated heterocycles. The fraction of sp³-hybridized carbons (Fsp3) is 0.467. The third-order valence-electron chi connectivity index (χ3n) is 3.92. The monoisotopic (exact) mass is 306 g/mol. The minimum absolute atomic E-state index is 0.654. The Bertz CT molecular complexity index is 450. The van der Waals surface area contributed by atoms with Crippen LogP contribution in [0.15, 0.2) is 34.8 Å². The van der Waals surface area contributed by atoms with Gasteiger partial charge in [0.25, 0.3) is 0 Å². The van der Waals surface area contributed by atoms with E-state index < -0.39 is 0 Å². The summed E-state index contributed by atoms with van der Waals surface area (Å²) in [5, 5.41) is 3.42. The lowest BCUT2D eigenvalue weighted by Gasteiger charge is -2.31. The number of nitrogens with one attached hydrogen (secondary N) is 1. The third-order valence-corrected chi connectivity index (χ3v) is 4.41. The molecule has 0 saturated carbocycles. The Hall–Kier alpha value is -0.640. The Balaban J connectivity index is 1.74. The van der Waals surface area contributed by atoms with Crippen LogP contribution in [0.3, 0.4) is 0 Å². The van der Waals surface area contributed by atoms with E-state index >= 15 is 0 Å². The van der Waals surface area contributed by atoms with Crippen molar-refractivity contribution in [2.24, 2.45) is 0 Å². The highest BCUT2D eigenvalue weighted by Crippen LogP contribution is 2.31. The highest BCUT2D eigenvalue weighted by molar-refractivity contribution is 9.10. The van der Waals surface area contributed by atoms with Crippen molar-refractivity contribution in [3.63, 3.8) is 0 Å². The number of hydrogen-bond acceptors (Lipinski definition) is 2. The summed E-state index contributed by atoms with van der Waals surface area (Å²) < 4.78 is 1.17. The fourth-order valence-electron chi connectivity index (χ4n) is 2.93. The average Bonchev–Trinajstić information content (AvgIpc) is 2.89. The van der Waals surface area contributed by atoms with Crippen molar-refractivity contribution < 1.29 is 0 Å². The molecule has 3 heteroatoms. The average molecular weight is 307 g/mol. The van der Waals surface area contributed by atoms with Gasteiger partial charge < -0.3 is 5.32 Å². The molecule has 0 aromatic heterocycles. The number of allylic oxidation sites excluding steroid dienone is 1. The van der Waals surface area contributed by atoms with Crippen LogP contribution in [0.5, 0.6) is 0 Å². The molecule has 1 aliphatic heterocycles. The number of rotatable bonds is 2. The third kappa shape index (κ3) is 2.68. The second-order valence-electron chi connectivity index (χ2n) is 5.09. The van der Waals surface area contributed by atoms with Gasteiger partial charge in [-0.15, -0.1) is 0 Å². The van der Waals surface area contributed by atoms with E-state index in [0.29, 0.717) is 6.04 Å².